The molecule has 2 N–H and O–H groups in total. The highest BCUT2D eigenvalue weighted by Crippen LogP contribution is 2.46. The number of anilines is 2. The predicted molar refractivity (Wildman–Crippen MR) is 127 cm³/mol. The number of aryl methyl sites for hydroxylation is 1. The number of methoxy groups -OCH3 is 1. The third-order valence-electron chi connectivity index (χ3n) is 6.11. The molecular formula is C25H28N6O2. The quantitative estimate of drug-likeness (QED) is 0.582. The molecule has 1 amide bonds. The molecule has 8 nitrogen and oxygen atoms in total. The van der Waals surface area contributed by atoms with Crippen molar-refractivity contribution in [3.63, 3.8) is 0 Å². The lowest BCUT2D eigenvalue weighted by Crippen LogP contribution is -2.26. The van der Waals surface area contributed by atoms with Gasteiger partial charge in [-0.2, -0.15) is 10.4 Å². The van der Waals surface area contributed by atoms with Crippen molar-refractivity contribution >= 4 is 17.4 Å². The van der Waals surface area contributed by atoms with Gasteiger partial charge in [-0.3, -0.25) is 9.48 Å². The van der Waals surface area contributed by atoms with Crippen LogP contribution in [-0.4, -0.2) is 33.8 Å². The number of aromatic nitrogens is 3. The molecule has 1 aliphatic rings. The summed E-state index contributed by atoms with van der Waals surface area (Å²) in [6, 6.07) is 9.96. The largest absolute Gasteiger partial charge is 0.496 e. The molecule has 2 heterocycles. The van der Waals surface area contributed by atoms with E-state index in [9.17, 15) is 4.79 Å². The molecular weight excluding hydrogens is 416 g/mol. The SMILES string of the molecule is COc1c(-c2cnn(C)c2)ccc(NC(C)=O)c1C1CCC(Nc2ccc(C#N)cn2)CC1. The minimum absolute atomic E-state index is 0.102. The van der Waals surface area contributed by atoms with E-state index >= 15 is 0 Å². The van der Waals surface area contributed by atoms with Crippen molar-refractivity contribution in [2.75, 3.05) is 17.7 Å². The van der Waals surface area contributed by atoms with Gasteiger partial charge in [-0.1, -0.05) is 0 Å². The van der Waals surface area contributed by atoms with Crippen LogP contribution < -0.4 is 15.4 Å². The van der Waals surface area contributed by atoms with Gasteiger partial charge in [0.25, 0.3) is 0 Å². The van der Waals surface area contributed by atoms with Crippen LogP contribution in [0.1, 0.15) is 49.7 Å². The Labute approximate surface area is 193 Å². The van der Waals surface area contributed by atoms with Crippen molar-refractivity contribution in [3.05, 3.63) is 54.0 Å². The van der Waals surface area contributed by atoms with Crippen LogP contribution in [0, 0.1) is 11.3 Å². The van der Waals surface area contributed by atoms with E-state index in [1.165, 1.54) is 6.92 Å². The summed E-state index contributed by atoms with van der Waals surface area (Å²) >= 11 is 0. The van der Waals surface area contributed by atoms with Crippen LogP contribution in [0.2, 0.25) is 0 Å². The normalized spacial score (nSPS) is 17.8. The van der Waals surface area contributed by atoms with Gasteiger partial charge in [0.1, 0.15) is 17.6 Å². The molecule has 1 saturated carbocycles. The average Bonchev–Trinajstić information content (AvgIpc) is 3.25. The van der Waals surface area contributed by atoms with E-state index in [0.717, 1.165) is 59.6 Å². The van der Waals surface area contributed by atoms with Crippen molar-refractivity contribution < 1.29 is 9.53 Å². The molecule has 0 aliphatic heterocycles. The zero-order chi connectivity index (χ0) is 23.4. The predicted octanol–water partition coefficient (Wildman–Crippen LogP) is 4.46. The molecule has 3 aromatic rings. The van der Waals surface area contributed by atoms with E-state index in [4.69, 9.17) is 10.00 Å². The fourth-order valence-corrected chi connectivity index (χ4v) is 4.59. The van der Waals surface area contributed by atoms with E-state index < -0.39 is 0 Å². The Morgan fingerprint density at radius 3 is 2.55 bits per heavy atom. The van der Waals surface area contributed by atoms with Gasteiger partial charge in [-0.25, -0.2) is 4.98 Å². The Bertz CT molecular complexity index is 1170. The summed E-state index contributed by atoms with van der Waals surface area (Å²) < 4.78 is 7.69. The van der Waals surface area contributed by atoms with E-state index in [2.05, 4.69) is 26.8 Å². The van der Waals surface area contributed by atoms with E-state index in [0.29, 0.717) is 11.6 Å². The van der Waals surface area contributed by atoms with Crippen LogP contribution in [0.5, 0.6) is 5.75 Å². The number of hydrogen-bond acceptors (Lipinski definition) is 6. The lowest BCUT2D eigenvalue weighted by Gasteiger charge is -2.32. The van der Waals surface area contributed by atoms with Crippen molar-refractivity contribution in [2.24, 2.45) is 7.05 Å². The number of nitriles is 1. The van der Waals surface area contributed by atoms with E-state index in [-0.39, 0.29) is 11.8 Å². The maximum Gasteiger partial charge on any atom is 0.221 e. The molecule has 33 heavy (non-hydrogen) atoms. The van der Waals surface area contributed by atoms with Gasteiger partial charge in [-0.15, -0.1) is 0 Å². The summed E-state index contributed by atoms with van der Waals surface area (Å²) in [5.74, 6) is 1.73. The van der Waals surface area contributed by atoms with Crippen LogP contribution in [0.3, 0.4) is 0 Å². The van der Waals surface area contributed by atoms with Crippen LogP contribution >= 0.6 is 0 Å². The lowest BCUT2D eigenvalue weighted by atomic mass is 9.79. The van der Waals surface area contributed by atoms with Crippen LogP contribution in [0.15, 0.2) is 42.9 Å². The van der Waals surface area contributed by atoms with Crippen molar-refractivity contribution in [2.45, 2.75) is 44.6 Å². The van der Waals surface area contributed by atoms with Gasteiger partial charge in [0.05, 0.1) is 18.9 Å². The zero-order valence-corrected chi connectivity index (χ0v) is 19.1. The summed E-state index contributed by atoms with van der Waals surface area (Å²) in [6.07, 6.45) is 9.21. The third-order valence-corrected chi connectivity index (χ3v) is 6.11. The lowest BCUT2D eigenvalue weighted by molar-refractivity contribution is -0.114. The monoisotopic (exact) mass is 444 g/mol. The maximum atomic E-state index is 11.9. The maximum absolute atomic E-state index is 11.9. The average molecular weight is 445 g/mol. The first-order valence-corrected chi connectivity index (χ1v) is 11.1. The summed E-state index contributed by atoms with van der Waals surface area (Å²) in [6.45, 7) is 1.52. The highest BCUT2D eigenvalue weighted by Gasteiger charge is 2.29. The number of amides is 1. The van der Waals surface area contributed by atoms with Gasteiger partial charge in [0.2, 0.25) is 5.91 Å². The Kier molecular flexibility index (Phi) is 6.59. The molecule has 1 aromatic carbocycles. The summed E-state index contributed by atoms with van der Waals surface area (Å²) in [4.78, 5) is 16.2. The van der Waals surface area contributed by atoms with Gasteiger partial charge >= 0.3 is 0 Å². The van der Waals surface area contributed by atoms with Gasteiger partial charge < -0.3 is 15.4 Å². The summed E-state index contributed by atoms with van der Waals surface area (Å²) in [7, 11) is 3.57. The molecule has 0 unspecified atom stereocenters. The van der Waals surface area contributed by atoms with E-state index in [1.807, 2.05) is 37.6 Å². The number of carbonyl (C=O) groups excluding carboxylic acids is 1. The van der Waals surface area contributed by atoms with Gasteiger partial charge in [0.15, 0.2) is 0 Å². The van der Waals surface area contributed by atoms with Crippen molar-refractivity contribution in [3.8, 4) is 22.9 Å². The van der Waals surface area contributed by atoms with Crippen LogP contribution in [-0.2, 0) is 11.8 Å². The molecule has 8 heteroatoms. The standard InChI is InChI=1S/C25H28N6O2/c1-16(32)29-22-10-9-21(19-14-28-31(2)15-19)25(33-3)24(22)18-5-7-20(8-6-18)30-23-11-4-17(12-26)13-27-23/h4,9-11,13-15,18,20H,5-8H2,1-3H3,(H,27,30)(H,29,32). The highest BCUT2D eigenvalue weighted by atomic mass is 16.5. The Morgan fingerprint density at radius 1 is 1.18 bits per heavy atom. The second-order valence-corrected chi connectivity index (χ2v) is 8.43. The second-order valence-electron chi connectivity index (χ2n) is 8.43. The second kappa shape index (κ2) is 9.74. The fourth-order valence-electron chi connectivity index (χ4n) is 4.59. The molecule has 0 radical (unpaired) electrons. The Morgan fingerprint density at radius 2 is 1.97 bits per heavy atom. The van der Waals surface area contributed by atoms with Crippen molar-refractivity contribution in [1.82, 2.24) is 14.8 Å². The number of pyridine rings is 1. The first-order valence-electron chi connectivity index (χ1n) is 11.1. The minimum Gasteiger partial charge on any atom is -0.496 e. The van der Waals surface area contributed by atoms with Crippen LogP contribution in [0.25, 0.3) is 11.1 Å². The first kappa shape index (κ1) is 22.3. The fraction of sp³-hybridized carbons (Fsp3) is 0.360. The molecule has 0 saturated heterocycles. The number of rotatable bonds is 6. The molecule has 1 aliphatic carbocycles. The molecule has 0 atom stereocenters. The number of nitrogens with zero attached hydrogens (tertiary/aromatic N) is 4. The number of carbonyl (C=O) groups is 1. The number of ether oxygens (including phenoxy) is 1. The molecule has 0 bridgehead atoms. The Balaban J connectivity index is 1.58. The van der Waals surface area contributed by atoms with Crippen molar-refractivity contribution in [1.29, 1.82) is 5.26 Å². The molecule has 2 aromatic heterocycles. The Hall–Kier alpha value is -3.86. The smallest absolute Gasteiger partial charge is 0.221 e. The number of benzene rings is 1. The highest BCUT2D eigenvalue weighted by molar-refractivity contribution is 5.91. The number of hydrogen-bond donors (Lipinski definition) is 2. The van der Waals surface area contributed by atoms with Gasteiger partial charge in [0, 0.05) is 54.8 Å². The summed E-state index contributed by atoms with van der Waals surface area (Å²) in [5, 5.41) is 19.7. The topological polar surface area (TPSA) is 105 Å². The molecule has 0 spiro atoms. The van der Waals surface area contributed by atoms with Gasteiger partial charge in [-0.05, 0) is 55.9 Å². The number of nitrogens with one attached hydrogen (secondary N) is 2. The zero-order valence-electron chi connectivity index (χ0n) is 19.1. The molecule has 170 valence electrons. The molecule has 1 fully saturated rings. The van der Waals surface area contributed by atoms with Crippen LogP contribution in [0.4, 0.5) is 11.5 Å². The van der Waals surface area contributed by atoms with E-state index in [1.54, 1.807) is 24.1 Å². The molecule has 4 rings (SSSR count). The minimum atomic E-state index is -0.102. The summed E-state index contributed by atoms with van der Waals surface area (Å²) in [5.41, 5.74) is 4.35. The first-order chi connectivity index (χ1) is 16.0. The third kappa shape index (κ3) is 4.98.